The lowest BCUT2D eigenvalue weighted by molar-refractivity contribution is -0.192. The molecule has 1 saturated heterocycles. The van der Waals surface area contributed by atoms with Gasteiger partial charge in [-0.15, -0.1) is 11.3 Å². The summed E-state index contributed by atoms with van der Waals surface area (Å²) in [6, 6.07) is 7.68. The largest absolute Gasteiger partial charge is 0.490 e. The minimum Gasteiger partial charge on any atom is -0.490 e. The summed E-state index contributed by atoms with van der Waals surface area (Å²) < 4.78 is 45.6. The molecule has 0 unspecified atom stereocenters. The van der Waals surface area contributed by atoms with E-state index in [0.717, 1.165) is 33.8 Å². The number of hydroxylamine groups is 2. The van der Waals surface area contributed by atoms with Gasteiger partial charge in [0.05, 0.1) is 30.5 Å². The van der Waals surface area contributed by atoms with E-state index in [2.05, 4.69) is 4.90 Å². The zero-order valence-electron chi connectivity index (χ0n) is 20.3. The molecule has 10 nitrogen and oxygen atoms in total. The number of aromatic nitrogens is 1. The maximum absolute atomic E-state index is 13.2. The van der Waals surface area contributed by atoms with Gasteiger partial charge in [0, 0.05) is 39.1 Å². The number of hydrogen-bond acceptors (Lipinski definition) is 8. The first-order chi connectivity index (χ1) is 17.5. The van der Waals surface area contributed by atoms with Crippen molar-refractivity contribution in [3.8, 4) is 5.75 Å². The van der Waals surface area contributed by atoms with Crippen molar-refractivity contribution in [2.45, 2.75) is 6.18 Å². The van der Waals surface area contributed by atoms with Crippen LogP contribution in [0.15, 0.2) is 29.1 Å². The normalized spacial score (nSPS) is 14.3. The Balaban J connectivity index is 0.000000479. The summed E-state index contributed by atoms with van der Waals surface area (Å²) in [6.45, 7) is 4.17. The van der Waals surface area contributed by atoms with E-state index in [-0.39, 0.29) is 11.5 Å². The van der Waals surface area contributed by atoms with Gasteiger partial charge in [0.2, 0.25) is 0 Å². The van der Waals surface area contributed by atoms with Gasteiger partial charge in [0.25, 0.3) is 11.5 Å². The molecule has 0 radical (unpaired) electrons. The number of aryl methyl sites for hydroxylation is 1. The van der Waals surface area contributed by atoms with Crippen molar-refractivity contribution in [2.24, 2.45) is 7.05 Å². The average molecular weight is 546 g/mol. The van der Waals surface area contributed by atoms with Crippen molar-refractivity contribution in [1.29, 1.82) is 0 Å². The number of para-hydroxylation sites is 1. The van der Waals surface area contributed by atoms with Gasteiger partial charge in [-0.2, -0.15) is 13.2 Å². The predicted octanol–water partition coefficient (Wildman–Crippen LogP) is 2.73. The summed E-state index contributed by atoms with van der Waals surface area (Å²) in [5.41, 5.74) is 0.635. The Morgan fingerprint density at radius 2 is 1.84 bits per heavy atom. The number of ether oxygens (including phenoxy) is 2. The second-order valence-corrected chi connectivity index (χ2v) is 8.96. The standard InChI is InChI=1S/C21H25N3O5S.C2HF3O2/c1-22-15-7-5-4-6-14(15)18-16(20(22)25)17(19(30-18)21(26)23(2)27-3)29-13-10-24-8-11-28-12-9-24;3-2(4,5)1(6)7/h4-7H,8-13H2,1-3H3;(H,6,7). The first kappa shape index (κ1) is 28.4. The highest BCUT2D eigenvalue weighted by Crippen LogP contribution is 2.40. The molecule has 0 saturated carbocycles. The Labute approximate surface area is 213 Å². The van der Waals surface area contributed by atoms with Gasteiger partial charge >= 0.3 is 12.1 Å². The fraction of sp³-hybridized carbons (Fsp3) is 0.435. The van der Waals surface area contributed by atoms with Gasteiger partial charge in [-0.05, 0) is 6.07 Å². The van der Waals surface area contributed by atoms with Gasteiger partial charge in [-0.3, -0.25) is 19.3 Å². The number of nitrogens with zero attached hydrogens (tertiary/aromatic N) is 3. The van der Waals surface area contributed by atoms with E-state index in [1.54, 1.807) is 18.7 Å². The molecular formula is C23H26F3N3O7S. The van der Waals surface area contributed by atoms with Gasteiger partial charge in [-0.25, -0.2) is 9.86 Å². The highest BCUT2D eigenvalue weighted by molar-refractivity contribution is 7.22. The minimum absolute atomic E-state index is 0.180. The molecule has 0 bridgehead atoms. The third-order valence-electron chi connectivity index (χ3n) is 5.65. The van der Waals surface area contributed by atoms with Crippen LogP contribution in [0.3, 0.4) is 0 Å². The zero-order valence-corrected chi connectivity index (χ0v) is 21.1. The van der Waals surface area contributed by atoms with Crippen LogP contribution in [-0.4, -0.2) is 91.3 Å². The molecule has 0 atom stereocenters. The number of carboxylic acids is 1. The van der Waals surface area contributed by atoms with Crippen LogP contribution in [0.25, 0.3) is 21.0 Å². The molecule has 1 aliphatic heterocycles. The summed E-state index contributed by atoms with van der Waals surface area (Å²) in [5.74, 6) is -2.76. The summed E-state index contributed by atoms with van der Waals surface area (Å²) in [6.07, 6.45) is -5.08. The molecular weight excluding hydrogens is 519 g/mol. The van der Waals surface area contributed by atoms with Crippen LogP contribution in [0, 0.1) is 0 Å². The summed E-state index contributed by atoms with van der Waals surface area (Å²) in [7, 11) is 4.71. The van der Waals surface area contributed by atoms with E-state index in [1.165, 1.54) is 18.4 Å². The third kappa shape index (κ3) is 6.39. The second kappa shape index (κ2) is 11.9. The second-order valence-electron chi connectivity index (χ2n) is 7.94. The summed E-state index contributed by atoms with van der Waals surface area (Å²) in [5, 5.41) is 9.62. The number of benzene rings is 1. The average Bonchev–Trinajstić information content (AvgIpc) is 3.26. The number of halogens is 3. The SMILES string of the molecule is CON(C)C(=O)c1sc2c(c1OCCN1CCOCC1)c(=O)n(C)c1ccccc21.O=C(O)C(F)(F)F. The Kier molecular flexibility index (Phi) is 9.12. The van der Waals surface area contributed by atoms with E-state index in [4.69, 9.17) is 24.2 Å². The maximum atomic E-state index is 13.2. The Morgan fingerprint density at radius 1 is 1.22 bits per heavy atom. The molecule has 1 amide bonds. The van der Waals surface area contributed by atoms with Gasteiger partial charge < -0.3 is 19.1 Å². The monoisotopic (exact) mass is 545 g/mol. The van der Waals surface area contributed by atoms with E-state index in [0.29, 0.717) is 42.4 Å². The van der Waals surface area contributed by atoms with Crippen molar-refractivity contribution in [2.75, 3.05) is 53.6 Å². The smallest absolute Gasteiger partial charge is 0.490 e. The molecule has 0 spiro atoms. The third-order valence-corrected chi connectivity index (χ3v) is 6.84. The molecule has 0 aliphatic carbocycles. The van der Waals surface area contributed by atoms with Crippen molar-refractivity contribution in [3.63, 3.8) is 0 Å². The van der Waals surface area contributed by atoms with Crippen molar-refractivity contribution in [3.05, 3.63) is 39.5 Å². The highest BCUT2D eigenvalue weighted by Gasteiger charge is 2.38. The van der Waals surface area contributed by atoms with Crippen LogP contribution in [-0.2, 0) is 21.4 Å². The molecule has 37 heavy (non-hydrogen) atoms. The number of alkyl halides is 3. The molecule has 2 aromatic heterocycles. The zero-order chi connectivity index (χ0) is 27.3. The number of carbonyl (C=O) groups is 2. The number of aliphatic carboxylic acids is 1. The molecule has 3 heterocycles. The molecule has 1 aliphatic rings. The van der Waals surface area contributed by atoms with Crippen LogP contribution in [0.4, 0.5) is 13.2 Å². The van der Waals surface area contributed by atoms with E-state index < -0.39 is 12.1 Å². The van der Waals surface area contributed by atoms with Crippen LogP contribution in [0.5, 0.6) is 5.75 Å². The first-order valence-corrected chi connectivity index (χ1v) is 11.9. The predicted molar refractivity (Wildman–Crippen MR) is 130 cm³/mol. The van der Waals surface area contributed by atoms with Crippen LogP contribution >= 0.6 is 11.3 Å². The molecule has 1 aromatic carbocycles. The number of fused-ring (bicyclic) bond motifs is 3. The number of carboxylic acid groups (broad SMARTS) is 1. The number of hydrogen-bond donors (Lipinski definition) is 1. The highest BCUT2D eigenvalue weighted by atomic mass is 32.1. The summed E-state index contributed by atoms with van der Waals surface area (Å²) >= 11 is 1.27. The topological polar surface area (TPSA) is 111 Å². The fourth-order valence-electron chi connectivity index (χ4n) is 3.64. The van der Waals surface area contributed by atoms with Crippen LogP contribution in [0.2, 0.25) is 0 Å². The van der Waals surface area contributed by atoms with Gasteiger partial charge in [0.1, 0.15) is 16.9 Å². The quantitative estimate of drug-likeness (QED) is 0.471. The molecule has 3 aromatic rings. The summed E-state index contributed by atoms with van der Waals surface area (Å²) in [4.78, 5) is 42.8. The van der Waals surface area contributed by atoms with E-state index >= 15 is 0 Å². The molecule has 202 valence electrons. The number of morpholine rings is 1. The van der Waals surface area contributed by atoms with Crippen LogP contribution in [0.1, 0.15) is 9.67 Å². The number of carbonyl (C=O) groups excluding carboxylic acids is 1. The van der Waals surface area contributed by atoms with E-state index in [1.807, 2.05) is 24.3 Å². The number of rotatable bonds is 6. The fourth-order valence-corrected chi connectivity index (χ4v) is 4.88. The Morgan fingerprint density at radius 3 is 2.43 bits per heavy atom. The van der Waals surface area contributed by atoms with Gasteiger partial charge in [-0.1, -0.05) is 18.2 Å². The van der Waals surface area contributed by atoms with Crippen LogP contribution < -0.4 is 10.3 Å². The molecule has 1 N–H and O–H groups in total. The number of thiophene rings is 1. The van der Waals surface area contributed by atoms with Gasteiger partial charge in [0.15, 0.2) is 5.75 Å². The Hall–Kier alpha value is -3.20. The number of amides is 1. The lowest BCUT2D eigenvalue weighted by Crippen LogP contribution is -2.38. The van der Waals surface area contributed by atoms with Crippen molar-refractivity contribution >= 4 is 44.2 Å². The lowest BCUT2D eigenvalue weighted by Gasteiger charge is -2.26. The Bertz CT molecular complexity index is 1330. The first-order valence-electron chi connectivity index (χ1n) is 11.1. The minimum atomic E-state index is -5.08. The molecule has 14 heteroatoms. The lowest BCUT2D eigenvalue weighted by atomic mass is 10.1. The van der Waals surface area contributed by atoms with Crippen molar-refractivity contribution in [1.82, 2.24) is 14.5 Å². The van der Waals surface area contributed by atoms with E-state index in [9.17, 15) is 22.8 Å². The molecule has 1 fully saturated rings. The molecule has 4 rings (SSSR count). The number of pyridine rings is 1. The van der Waals surface area contributed by atoms with Crippen molar-refractivity contribution < 1.29 is 42.2 Å². The maximum Gasteiger partial charge on any atom is 0.490 e.